The van der Waals surface area contributed by atoms with Crippen LogP contribution in [0.3, 0.4) is 0 Å². The van der Waals surface area contributed by atoms with Gasteiger partial charge in [0, 0.05) is 18.7 Å². The SMILES string of the molecule is COc1cc(OC)c(C(F)(F)F)cc1NC(=O)N(S)c1ccc(NC(C)=O)cc1. The van der Waals surface area contributed by atoms with Gasteiger partial charge in [-0.3, -0.25) is 4.79 Å². The average Bonchev–Trinajstić information content (AvgIpc) is 2.66. The molecule has 2 aromatic carbocycles. The van der Waals surface area contributed by atoms with Gasteiger partial charge < -0.3 is 20.1 Å². The summed E-state index contributed by atoms with van der Waals surface area (Å²) in [6, 6.07) is 7.03. The maximum Gasteiger partial charge on any atom is 0.420 e. The number of thiol groups is 1. The number of carbonyl (C=O) groups excluding carboxylic acids is 2. The van der Waals surface area contributed by atoms with Gasteiger partial charge in [-0.05, 0) is 30.3 Å². The van der Waals surface area contributed by atoms with Crippen LogP contribution in [0.25, 0.3) is 0 Å². The van der Waals surface area contributed by atoms with Crippen LogP contribution in [-0.2, 0) is 11.0 Å². The van der Waals surface area contributed by atoms with Crippen LogP contribution in [0.1, 0.15) is 12.5 Å². The molecule has 0 bridgehead atoms. The average molecular weight is 429 g/mol. The molecule has 0 heterocycles. The van der Waals surface area contributed by atoms with E-state index in [0.717, 1.165) is 23.5 Å². The summed E-state index contributed by atoms with van der Waals surface area (Å²) in [5.41, 5.74) is -0.445. The number of hydrogen-bond donors (Lipinski definition) is 3. The smallest absolute Gasteiger partial charge is 0.420 e. The normalized spacial score (nSPS) is 10.9. The minimum absolute atomic E-state index is 0.0223. The standard InChI is InChI=1S/C18H18F3N3O4S/c1-10(25)22-11-4-6-12(7-5-11)24(29)17(26)23-14-8-13(18(19,20)21)15(27-2)9-16(14)28-3/h4-9,29H,1-3H3,(H,22,25)(H,23,26). The van der Waals surface area contributed by atoms with Gasteiger partial charge in [0.15, 0.2) is 0 Å². The van der Waals surface area contributed by atoms with Crippen LogP contribution < -0.4 is 24.4 Å². The highest BCUT2D eigenvalue weighted by Crippen LogP contribution is 2.42. The van der Waals surface area contributed by atoms with Gasteiger partial charge in [-0.15, -0.1) is 0 Å². The van der Waals surface area contributed by atoms with E-state index in [4.69, 9.17) is 9.47 Å². The Balaban J connectivity index is 2.28. The van der Waals surface area contributed by atoms with E-state index in [2.05, 4.69) is 23.4 Å². The molecule has 0 radical (unpaired) electrons. The molecule has 0 saturated heterocycles. The van der Waals surface area contributed by atoms with Gasteiger partial charge in [0.05, 0.1) is 31.2 Å². The summed E-state index contributed by atoms with van der Waals surface area (Å²) in [4.78, 5) is 23.5. The van der Waals surface area contributed by atoms with E-state index in [-0.39, 0.29) is 17.3 Å². The van der Waals surface area contributed by atoms with Crippen LogP contribution in [0.15, 0.2) is 36.4 Å². The third-order valence-electron chi connectivity index (χ3n) is 3.69. The summed E-state index contributed by atoms with van der Waals surface area (Å²) in [6.45, 7) is 1.35. The monoisotopic (exact) mass is 429 g/mol. The zero-order chi connectivity index (χ0) is 21.8. The largest absolute Gasteiger partial charge is 0.496 e. The number of nitrogens with zero attached hydrogens (tertiary/aromatic N) is 1. The Morgan fingerprint density at radius 1 is 1.00 bits per heavy atom. The van der Waals surface area contributed by atoms with Crippen molar-refractivity contribution in [1.82, 2.24) is 0 Å². The van der Waals surface area contributed by atoms with Gasteiger partial charge in [-0.25, -0.2) is 9.10 Å². The number of nitrogens with one attached hydrogen (secondary N) is 2. The van der Waals surface area contributed by atoms with Crippen molar-refractivity contribution in [3.63, 3.8) is 0 Å². The summed E-state index contributed by atoms with van der Waals surface area (Å²) >= 11 is 4.08. The molecule has 0 atom stereocenters. The molecule has 0 aromatic heterocycles. The van der Waals surface area contributed by atoms with Crippen molar-refractivity contribution in [2.75, 3.05) is 29.2 Å². The second-order valence-corrected chi connectivity index (χ2v) is 6.12. The highest BCUT2D eigenvalue weighted by molar-refractivity contribution is 7.82. The predicted molar refractivity (Wildman–Crippen MR) is 106 cm³/mol. The van der Waals surface area contributed by atoms with E-state index >= 15 is 0 Å². The molecule has 3 amide bonds. The number of anilines is 3. The Hall–Kier alpha value is -3.08. The van der Waals surface area contributed by atoms with Crippen molar-refractivity contribution >= 4 is 41.8 Å². The first-order valence-corrected chi connectivity index (χ1v) is 8.47. The van der Waals surface area contributed by atoms with Crippen LogP contribution in [-0.4, -0.2) is 26.2 Å². The molecule has 2 rings (SSSR count). The predicted octanol–water partition coefficient (Wildman–Crippen LogP) is 4.56. The molecular weight excluding hydrogens is 411 g/mol. The Morgan fingerprint density at radius 3 is 2.07 bits per heavy atom. The Morgan fingerprint density at radius 2 is 1.59 bits per heavy atom. The van der Waals surface area contributed by atoms with Crippen molar-refractivity contribution in [3.8, 4) is 11.5 Å². The van der Waals surface area contributed by atoms with E-state index in [1.165, 1.54) is 26.2 Å². The van der Waals surface area contributed by atoms with Crippen LogP contribution in [0.2, 0.25) is 0 Å². The van der Waals surface area contributed by atoms with Gasteiger partial charge in [-0.2, -0.15) is 13.2 Å². The third kappa shape index (κ3) is 5.47. The number of amides is 3. The first kappa shape index (κ1) is 22.2. The highest BCUT2D eigenvalue weighted by Gasteiger charge is 2.36. The number of alkyl halides is 3. The van der Waals surface area contributed by atoms with Crippen molar-refractivity contribution in [2.45, 2.75) is 13.1 Å². The number of hydrogen-bond acceptors (Lipinski definition) is 5. The first-order valence-electron chi connectivity index (χ1n) is 8.07. The molecule has 0 unspecified atom stereocenters. The van der Waals surface area contributed by atoms with Gasteiger partial charge in [-0.1, -0.05) is 12.8 Å². The Bertz CT molecular complexity index is 904. The number of carbonyl (C=O) groups is 2. The molecule has 0 saturated carbocycles. The van der Waals surface area contributed by atoms with E-state index in [0.29, 0.717) is 11.4 Å². The first-order chi connectivity index (χ1) is 13.6. The second kappa shape index (κ2) is 8.95. The topological polar surface area (TPSA) is 79.9 Å². The van der Waals surface area contributed by atoms with Gasteiger partial charge in [0.25, 0.3) is 0 Å². The quantitative estimate of drug-likeness (QED) is 0.609. The number of urea groups is 1. The number of methoxy groups -OCH3 is 2. The number of halogens is 3. The highest BCUT2D eigenvalue weighted by atomic mass is 32.1. The summed E-state index contributed by atoms with van der Waals surface area (Å²) in [5.74, 6) is -0.722. The molecule has 0 fully saturated rings. The molecule has 0 aliphatic carbocycles. The minimum Gasteiger partial charge on any atom is -0.496 e. The molecule has 2 N–H and O–H groups in total. The number of rotatable bonds is 5. The summed E-state index contributed by atoms with van der Waals surface area (Å²) < 4.78 is 50.5. The molecule has 2 aromatic rings. The van der Waals surface area contributed by atoms with Crippen LogP contribution >= 0.6 is 12.8 Å². The van der Waals surface area contributed by atoms with E-state index in [9.17, 15) is 22.8 Å². The van der Waals surface area contributed by atoms with Crippen molar-refractivity contribution in [3.05, 3.63) is 42.0 Å². The van der Waals surface area contributed by atoms with Crippen molar-refractivity contribution in [2.24, 2.45) is 0 Å². The number of ether oxygens (including phenoxy) is 2. The summed E-state index contributed by atoms with van der Waals surface area (Å²) in [7, 11) is 2.35. The lowest BCUT2D eigenvalue weighted by Gasteiger charge is -2.20. The molecule has 7 nitrogen and oxygen atoms in total. The van der Waals surface area contributed by atoms with Gasteiger partial charge >= 0.3 is 12.2 Å². The molecule has 156 valence electrons. The van der Waals surface area contributed by atoms with Crippen LogP contribution in [0, 0.1) is 0 Å². The molecule has 0 aliphatic rings. The molecular formula is C18H18F3N3O4S. The van der Waals surface area contributed by atoms with E-state index in [1.54, 1.807) is 12.1 Å². The molecule has 29 heavy (non-hydrogen) atoms. The molecule has 11 heteroatoms. The summed E-state index contributed by atoms with van der Waals surface area (Å²) in [5, 5.41) is 4.90. The fraction of sp³-hybridized carbons (Fsp3) is 0.222. The fourth-order valence-corrected chi connectivity index (χ4v) is 2.58. The Kier molecular flexibility index (Phi) is 6.85. The van der Waals surface area contributed by atoms with E-state index in [1.807, 2.05) is 0 Å². The third-order valence-corrected chi connectivity index (χ3v) is 4.11. The number of benzene rings is 2. The Labute approximate surface area is 170 Å². The lowest BCUT2D eigenvalue weighted by atomic mass is 10.1. The maximum atomic E-state index is 13.3. The second-order valence-electron chi connectivity index (χ2n) is 5.72. The molecule has 0 aliphatic heterocycles. The summed E-state index contributed by atoms with van der Waals surface area (Å²) in [6.07, 6.45) is -4.70. The van der Waals surface area contributed by atoms with Crippen LogP contribution in [0.4, 0.5) is 35.0 Å². The van der Waals surface area contributed by atoms with Crippen molar-refractivity contribution < 1.29 is 32.2 Å². The zero-order valence-electron chi connectivity index (χ0n) is 15.6. The minimum atomic E-state index is -4.70. The molecule has 0 spiro atoms. The van der Waals surface area contributed by atoms with Crippen molar-refractivity contribution in [1.29, 1.82) is 0 Å². The lowest BCUT2D eigenvalue weighted by molar-refractivity contribution is -0.138. The van der Waals surface area contributed by atoms with E-state index < -0.39 is 23.5 Å². The maximum absolute atomic E-state index is 13.3. The lowest BCUT2D eigenvalue weighted by Crippen LogP contribution is -2.27. The van der Waals surface area contributed by atoms with Gasteiger partial charge in [0.1, 0.15) is 11.5 Å². The fourth-order valence-electron chi connectivity index (χ4n) is 2.39. The zero-order valence-corrected chi connectivity index (χ0v) is 16.5. The van der Waals surface area contributed by atoms with Crippen LogP contribution in [0.5, 0.6) is 11.5 Å². The van der Waals surface area contributed by atoms with Gasteiger partial charge in [0.2, 0.25) is 5.91 Å².